The lowest BCUT2D eigenvalue weighted by molar-refractivity contribution is -0.927. The third kappa shape index (κ3) is 5.52. The van der Waals surface area contributed by atoms with Crippen molar-refractivity contribution < 1.29 is 23.6 Å². The second-order valence-electron chi connectivity index (χ2n) is 10.1. The highest BCUT2D eigenvalue weighted by Gasteiger charge is 2.47. The second-order valence-corrected chi connectivity index (χ2v) is 10.1. The number of ketones is 1. The predicted molar refractivity (Wildman–Crippen MR) is 139 cm³/mol. The summed E-state index contributed by atoms with van der Waals surface area (Å²) in [5, 5.41) is 7.65. The van der Waals surface area contributed by atoms with Crippen molar-refractivity contribution >= 4 is 5.78 Å². The molecule has 3 aromatic rings. The molecule has 2 unspecified atom stereocenters. The van der Waals surface area contributed by atoms with Crippen molar-refractivity contribution in [1.29, 1.82) is 0 Å². The molecule has 0 radical (unpaired) electrons. The first-order chi connectivity index (χ1) is 18.1. The molecule has 0 amide bonds. The van der Waals surface area contributed by atoms with E-state index in [4.69, 9.17) is 9.47 Å². The molecule has 6 nitrogen and oxygen atoms in total. The first-order valence-corrected chi connectivity index (χ1v) is 13.4. The molecule has 1 aromatic heterocycles. The van der Waals surface area contributed by atoms with Crippen LogP contribution in [0.25, 0.3) is 11.1 Å². The number of hydrogen-bond donors (Lipinski definition) is 1. The number of hydrogen-bond acceptors (Lipinski definition) is 5. The van der Waals surface area contributed by atoms with Gasteiger partial charge in [-0.1, -0.05) is 12.1 Å². The Morgan fingerprint density at radius 1 is 1.00 bits per heavy atom. The lowest BCUT2D eigenvalue weighted by Gasteiger charge is -2.23. The molecular formula is C30H35FN3O3+. The molecule has 2 aromatic carbocycles. The van der Waals surface area contributed by atoms with E-state index in [1.807, 2.05) is 13.8 Å². The van der Waals surface area contributed by atoms with Crippen molar-refractivity contribution in [2.45, 2.75) is 52.1 Å². The number of aromatic nitrogens is 2. The van der Waals surface area contributed by atoms with Crippen molar-refractivity contribution in [2.75, 3.05) is 19.8 Å². The Bertz CT molecular complexity index is 1190. The van der Waals surface area contributed by atoms with Crippen molar-refractivity contribution in [1.82, 2.24) is 10.2 Å². The van der Waals surface area contributed by atoms with Gasteiger partial charge in [-0.15, -0.1) is 0 Å². The lowest BCUT2D eigenvalue weighted by atomic mass is 9.88. The van der Waals surface area contributed by atoms with Crippen LogP contribution in [0.1, 0.15) is 55.5 Å². The number of carbonyl (C=O) groups is 1. The van der Waals surface area contributed by atoms with Crippen LogP contribution < -0.4 is 14.4 Å². The zero-order valence-electron chi connectivity index (χ0n) is 21.6. The van der Waals surface area contributed by atoms with E-state index in [0.717, 1.165) is 55.0 Å². The lowest BCUT2D eigenvalue weighted by Crippen LogP contribution is -3.12. The molecule has 194 valence electrons. The monoisotopic (exact) mass is 504 g/mol. The van der Waals surface area contributed by atoms with Gasteiger partial charge >= 0.3 is 0 Å². The summed E-state index contributed by atoms with van der Waals surface area (Å²) in [4.78, 5) is 14.4. The molecule has 1 aliphatic heterocycles. The van der Waals surface area contributed by atoms with Gasteiger partial charge in [-0.2, -0.15) is 10.2 Å². The second kappa shape index (κ2) is 11.4. The number of fused-ring (bicyclic) bond motifs is 1. The van der Waals surface area contributed by atoms with E-state index >= 15 is 0 Å². The minimum Gasteiger partial charge on any atom is -0.493 e. The van der Waals surface area contributed by atoms with E-state index in [-0.39, 0.29) is 11.6 Å². The molecule has 37 heavy (non-hydrogen) atoms. The third-order valence-corrected chi connectivity index (χ3v) is 7.94. The van der Waals surface area contributed by atoms with E-state index in [1.54, 1.807) is 35.5 Å². The molecule has 2 fully saturated rings. The van der Waals surface area contributed by atoms with Gasteiger partial charge < -0.3 is 14.4 Å². The van der Waals surface area contributed by atoms with Gasteiger partial charge in [0, 0.05) is 29.9 Å². The van der Waals surface area contributed by atoms with Crippen molar-refractivity contribution in [3.05, 3.63) is 71.8 Å². The SMILES string of the molecule is CCOc1cc(C[NH+]2CC[C@H]3C(CC(=O)c4ccnnc4)CC[C@H]32)cc(OCC)c1-c1ccc(F)cc1. The van der Waals surface area contributed by atoms with Crippen molar-refractivity contribution in [3.8, 4) is 22.6 Å². The fraction of sp³-hybridized carbons (Fsp3) is 0.433. The van der Waals surface area contributed by atoms with E-state index in [2.05, 4.69) is 22.3 Å². The molecule has 7 heteroatoms. The highest BCUT2D eigenvalue weighted by Crippen LogP contribution is 2.41. The molecule has 2 aliphatic rings. The van der Waals surface area contributed by atoms with Gasteiger partial charge in [-0.25, -0.2) is 4.39 Å². The number of Topliss-reactive ketones (excluding diaryl/α,β-unsaturated/α-hetero) is 1. The number of carbonyl (C=O) groups excluding carboxylic acids is 1. The van der Waals surface area contributed by atoms with E-state index in [0.29, 0.717) is 43.1 Å². The Morgan fingerprint density at radius 2 is 1.73 bits per heavy atom. The van der Waals surface area contributed by atoms with Crippen molar-refractivity contribution in [2.24, 2.45) is 11.8 Å². The van der Waals surface area contributed by atoms with Crippen LogP contribution in [0, 0.1) is 17.7 Å². The average Bonchev–Trinajstić information content (AvgIpc) is 3.49. The fourth-order valence-corrected chi connectivity index (χ4v) is 6.36. The standard InChI is InChI=1S/C30H34FN3O3/c1-3-36-28-15-20(16-29(37-4-2)30(28)21-5-8-24(31)9-6-21)19-34-14-12-25-22(7-10-26(25)34)17-27(35)23-11-13-32-33-18-23/h5-6,8-9,11,13,15-16,18,22,25-26H,3-4,7,10,12,14,17,19H2,1-2H3/p+1/t22?,25-,26+/m0/s1. The zero-order valence-corrected chi connectivity index (χ0v) is 21.6. The Morgan fingerprint density at radius 3 is 2.38 bits per heavy atom. The summed E-state index contributed by atoms with van der Waals surface area (Å²) in [5.41, 5.74) is 3.58. The first kappa shape index (κ1) is 25.3. The first-order valence-electron chi connectivity index (χ1n) is 13.4. The average molecular weight is 505 g/mol. The molecule has 4 atom stereocenters. The normalized spacial score (nSPS) is 22.6. The summed E-state index contributed by atoms with van der Waals surface area (Å²) in [7, 11) is 0. The maximum Gasteiger partial charge on any atom is 0.164 e. The predicted octanol–water partition coefficient (Wildman–Crippen LogP) is 4.54. The highest BCUT2D eigenvalue weighted by atomic mass is 19.1. The smallest absolute Gasteiger partial charge is 0.164 e. The van der Waals surface area contributed by atoms with Crippen LogP contribution in [-0.4, -0.2) is 41.8 Å². The Kier molecular flexibility index (Phi) is 7.79. The Hall–Kier alpha value is -3.32. The molecule has 5 rings (SSSR count). The van der Waals surface area contributed by atoms with Crippen LogP contribution >= 0.6 is 0 Å². The van der Waals surface area contributed by atoms with E-state index in [1.165, 1.54) is 17.7 Å². The highest BCUT2D eigenvalue weighted by molar-refractivity contribution is 5.95. The summed E-state index contributed by atoms with van der Waals surface area (Å²) in [6.07, 6.45) is 7.15. The number of rotatable bonds is 10. The molecule has 1 saturated heterocycles. The van der Waals surface area contributed by atoms with Gasteiger partial charge in [-0.05, 0) is 68.5 Å². The number of nitrogens with zero attached hydrogens (tertiary/aromatic N) is 2. The molecule has 1 saturated carbocycles. The van der Waals surface area contributed by atoms with Crippen LogP contribution in [-0.2, 0) is 6.54 Å². The molecule has 0 spiro atoms. The van der Waals surface area contributed by atoms with Crippen LogP contribution in [0.2, 0.25) is 0 Å². The van der Waals surface area contributed by atoms with Gasteiger partial charge in [0.2, 0.25) is 0 Å². The molecule has 2 heterocycles. The quantitative estimate of drug-likeness (QED) is 0.411. The topological polar surface area (TPSA) is 65.8 Å². The largest absolute Gasteiger partial charge is 0.493 e. The van der Waals surface area contributed by atoms with Gasteiger partial charge in [0.1, 0.15) is 23.9 Å². The van der Waals surface area contributed by atoms with E-state index in [9.17, 15) is 9.18 Å². The Balaban J connectivity index is 1.34. The zero-order chi connectivity index (χ0) is 25.8. The number of quaternary nitrogens is 1. The van der Waals surface area contributed by atoms with Crippen LogP contribution in [0.15, 0.2) is 54.9 Å². The van der Waals surface area contributed by atoms with Crippen LogP contribution in [0.4, 0.5) is 4.39 Å². The number of ether oxygens (including phenoxy) is 2. The van der Waals surface area contributed by atoms with Gasteiger partial charge in [0.05, 0.1) is 43.8 Å². The summed E-state index contributed by atoms with van der Waals surface area (Å²) >= 11 is 0. The van der Waals surface area contributed by atoms with Gasteiger partial charge in [-0.3, -0.25) is 4.79 Å². The minimum absolute atomic E-state index is 0.174. The van der Waals surface area contributed by atoms with Crippen molar-refractivity contribution in [3.63, 3.8) is 0 Å². The molecular weight excluding hydrogens is 469 g/mol. The van der Waals surface area contributed by atoms with Gasteiger partial charge in [0.15, 0.2) is 5.78 Å². The molecule has 0 bridgehead atoms. The number of nitrogens with one attached hydrogen (secondary N) is 1. The number of benzene rings is 2. The summed E-state index contributed by atoms with van der Waals surface area (Å²) in [5.74, 6) is 2.45. The van der Waals surface area contributed by atoms with Crippen LogP contribution in [0.5, 0.6) is 11.5 Å². The van der Waals surface area contributed by atoms with Gasteiger partial charge in [0.25, 0.3) is 0 Å². The Labute approximate surface area is 217 Å². The summed E-state index contributed by atoms with van der Waals surface area (Å²) in [6, 6.07) is 13.0. The fourth-order valence-electron chi connectivity index (χ4n) is 6.36. The maximum atomic E-state index is 13.6. The van der Waals surface area contributed by atoms with Crippen LogP contribution in [0.3, 0.4) is 0 Å². The molecule has 1 N–H and O–H groups in total. The third-order valence-electron chi connectivity index (χ3n) is 7.94. The number of halogens is 1. The van der Waals surface area contributed by atoms with E-state index < -0.39 is 0 Å². The minimum atomic E-state index is -0.266. The number of likely N-dealkylation sites (tertiary alicyclic amines) is 1. The molecule has 1 aliphatic carbocycles. The summed E-state index contributed by atoms with van der Waals surface area (Å²) in [6.45, 7) is 7.00. The maximum absolute atomic E-state index is 13.6. The summed E-state index contributed by atoms with van der Waals surface area (Å²) < 4.78 is 25.7.